The second-order valence-corrected chi connectivity index (χ2v) is 8.77. The number of hydrogen-bond acceptors (Lipinski definition) is 5. The van der Waals surface area contributed by atoms with Gasteiger partial charge in [-0.15, -0.1) is 0 Å². The molecular formula is C22H20F3N3O4S. The number of alkyl halides is 3. The van der Waals surface area contributed by atoms with Crippen molar-refractivity contribution in [3.05, 3.63) is 78.4 Å². The highest BCUT2D eigenvalue weighted by molar-refractivity contribution is 7.92. The minimum atomic E-state index is -4.70. The topological polar surface area (TPSA) is 102 Å². The third-order valence-corrected chi connectivity index (χ3v) is 6.38. The monoisotopic (exact) mass is 479 g/mol. The molecule has 33 heavy (non-hydrogen) atoms. The number of ether oxygens (including phenoxy) is 1. The van der Waals surface area contributed by atoms with Gasteiger partial charge in [-0.1, -0.05) is 6.07 Å². The molecule has 3 rings (SSSR count). The van der Waals surface area contributed by atoms with Gasteiger partial charge in [0.15, 0.2) is 0 Å². The number of amides is 1. The number of nitrogens with two attached hydrogens (primary N) is 1. The number of nitrogens with zero attached hydrogens (tertiary/aromatic N) is 1. The third kappa shape index (κ3) is 5.75. The van der Waals surface area contributed by atoms with E-state index >= 15 is 0 Å². The maximum atomic E-state index is 13.3. The minimum Gasteiger partial charge on any atom is -0.497 e. The van der Waals surface area contributed by atoms with Crippen LogP contribution in [0.2, 0.25) is 0 Å². The van der Waals surface area contributed by atoms with Crippen LogP contribution < -0.4 is 20.1 Å². The highest BCUT2D eigenvalue weighted by Crippen LogP contribution is 2.33. The third-order valence-electron chi connectivity index (χ3n) is 4.59. The quantitative estimate of drug-likeness (QED) is 0.496. The van der Waals surface area contributed by atoms with Crippen molar-refractivity contribution in [2.24, 2.45) is 0 Å². The first-order chi connectivity index (χ1) is 15.5. The predicted molar refractivity (Wildman–Crippen MR) is 118 cm³/mol. The van der Waals surface area contributed by atoms with Crippen LogP contribution in [0.1, 0.15) is 5.56 Å². The smallest absolute Gasteiger partial charge is 0.416 e. The van der Waals surface area contributed by atoms with Crippen LogP contribution >= 0.6 is 0 Å². The van der Waals surface area contributed by atoms with E-state index in [1.54, 1.807) is 0 Å². The average molecular weight is 479 g/mol. The Kier molecular flexibility index (Phi) is 6.82. The van der Waals surface area contributed by atoms with Crippen LogP contribution in [-0.4, -0.2) is 28.0 Å². The molecule has 0 aliphatic rings. The highest BCUT2D eigenvalue weighted by Gasteiger charge is 2.33. The van der Waals surface area contributed by atoms with Crippen molar-refractivity contribution in [1.29, 1.82) is 0 Å². The molecule has 7 nitrogen and oxygen atoms in total. The number of nitrogen functional groups attached to an aromatic ring is 1. The Hall–Kier alpha value is -3.73. The summed E-state index contributed by atoms with van der Waals surface area (Å²) in [4.78, 5) is 12.4. The van der Waals surface area contributed by atoms with E-state index < -0.39 is 34.2 Å². The van der Waals surface area contributed by atoms with Crippen LogP contribution in [0.15, 0.2) is 77.7 Å². The summed E-state index contributed by atoms with van der Waals surface area (Å²) in [6, 6.07) is 15.1. The molecule has 0 aliphatic heterocycles. The zero-order chi connectivity index (χ0) is 24.2. The number of sulfonamides is 1. The lowest BCUT2D eigenvalue weighted by Crippen LogP contribution is -2.38. The number of carbonyl (C=O) groups excluding carboxylic acids is 1. The first kappa shape index (κ1) is 23.9. The number of rotatable bonds is 7. The predicted octanol–water partition coefficient (Wildman–Crippen LogP) is 4.13. The molecule has 0 bridgehead atoms. The average Bonchev–Trinajstić information content (AvgIpc) is 2.78. The molecule has 3 N–H and O–H groups in total. The summed E-state index contributed by atoms with van der Waals surface area (Å²) < 4.78 is 72.0. The van der Waals surface area contributed by atoms with E-state index in [0.717, 1.165) is 12.1 Å². The van der Waals surface area contributed by atoms with E-state index in [9.17, 15) is 26.4 Å². The molecule has 11 heteroatoms. The largest absolute Gasteiger partial charge is 0.497 e. The Morgan fingerprint density at radius 1 is 1.03 bits per heavy atom. The van der Waals surface area contributed by atoms with Crippen molar-refractivity contribution in [3.8, 4) is 5.75 Å². The molecule has 0 radical (unpaired) electrons. The standard InChI is InChI=1S/C22H20F3N3O4S/c1-32-19-9-11-20(12-10-19)33(30,31)28(18-4-2-3-15(13-18)22(23,24)25)14-21(29)27-17-7-5-16(26)6-8-17/h2-13H,14,26H2,1H3,(H,27,29). The van der Waals surface area contributed by atoms with E-state index in [2.05, 4.69) is 5.32 Å². The fourth-order valence-corrected chi connectivity index (χ4v) is 4.34. The second-order valence-electron chi connectivity index (χ2n) is 6.91. The Bertz CT molecular complexity index is 1230. The molecule has 0 atom stereocenters. The number of hydrogen-bond donors (Lipinski definition) is 2. The van der Waals surface area contributed by atoms with Crippen molar-refractivity contribution in [2.45, 2.75) is 11.1 Å². The Morgan fingerprint density at radius 3 is 2.24 bits per heavy atom. The molecule has 1 amide bonds. The van der Waals surface area contributed by atoms with Gasteiger partial charge in [-0.25, -0.2) is 8.42 Å². The Labute approximate surface area is 188 Å². The lowest BCUT2D eigenvalue weighted by Gasteiger charge is -2.25. The van der Waals surface area contributed by atoms with E-state index in [4.69, 9.17) is 10.5 Å². The summed E-state index contributed by atoms with van der Waals surface area (Å²) in [7, 11) is -3.00. The SMILES string of the molecule is COc1ccc(S(=O)(=O)N(CC(=O)Nc2ccc(N)cc2)c2cccc(C(F)(F)F)c2)cc1. The molecule has 0 unspecified atom stereocenters. The van der Waals surface area contributed by atoms with Gasteiger partial charge in [0.1, 0.15) is 12.3 Å². The van der Waals surface area contributed by atoms with Crippen LogP contribution in [0.5, 0.6) is 5.75 Å². The van der Waals surface area contributed by atoms with E-state index in [-0.39, 0.29) is 10.6 Å². The Morgan fingerprint density at radius 2 is 1.67 bits per heavy atom. The van der Waals surface area contributed by atoms with E-state index in [1.807, 2.05) is 0 Å². The van der Waals surface area contributed by atoms with Gasteiger partial charge in [0.05, 0.1) is 23.3 Å². The normalized spacial score (nSPS) is 11.6. The minimum absolute atomic E-state index is 0.221. The lowest BCUT2D eigenvalue weighted by atomic mass is 10.2. The molecule has 0 saturated carbocycles. The maximum absolute atomic E-state index is 13.3. The summed E-state index contributed by atoms with van der Waals surface area (Å²) >= 11 is 0. The molecule has 0 spiro atoms. The van der Waals surface area contributed by atoms with Gasteiger partial charge >= 0.3 is 6.18 Å². The molecule has 0 aliphatic carbocycles. The van der Waals surface area contributed by atoms with Crippen molar-refractivity contribution >= 4 is 33.0 Å². The van der Waals surface area contributed by atoms with E-state index in [1.165, 1.54) is 61.7 Å². The zero-order valence-corrected chi connectivity index (χ0v) is 18.2. The fraction of sp³-hybridized carbons (Fsp3) is 0.136. The first-order valence-corrected chi connectivity index (χ1v) is 10.9. The first-order valence-electron chi connectivity index (χ1n) is 9.50. The molecule has 3 aromatic rings. The van der Waals surface area contributed by atoms with Crippen LogP contribution in [0, 0.1) is 0 Å². The molecular weight excluding hydrogens is 459 g/mol. The Balaban J connectivity index is 2.00. The van der Waals surface area contributed by atoms with Crippen LogP contribution in [0.4, 0.5) is 30.2 Å². The summed E-state index contributed by atoms with van der Waals surface area (Å²) in [6.45, 7) is -0.764. The molecule has 174 valence electrons. The fourth-order valence-electron chi connectivity index (χ4n) is 2.92. The molecule has 3 aromatic carbocycles. The van der Waals surface area contributed by atoms with Crippen molar-refractivity contribution < 1.29 is 31.1 Å². The number of anilines is 3. The molecule has 0 heterocycles. The number of methoxy groups -OCH3 is 1. The highest BCUT2D eigenvalue weighted by atomic mass is 32.2. The maximum Gasteiger partial charge on any atom is 0.416 e. The second kappa shape index (κ2) is 9.41. The lowest BCUT2D eigenvalue weighted by molar-refractivity contribution is -0.137. The van der Waals surface area contributed by atoms with Gasteiger partial charge < -0.3 is 15.8 Å². The number of halogens is 3. The van der Waals surface area contributed by atoms with Crippen LogP contribution in [0.3, 0.4) is 0 Å². The van der Waals surface area contributed by atoms with Crippen LogP contribution in [-0.2, 0) is 21.0 Å². The molecule has 0 aromatic heterocycles. The van der Waals surface area contributed by atoms with Crippen molar-refractivity contribution in [3.63, 3.8) is 0 Å². The van der Waals surface area contributed by atoms with Gasteiger partial charge in [0, 0.05) is 11.4 Å². The summed E-state index contributed by atoms with van der Waals surface area (Å²) in [5.74, 6) is -0.366. The summed E-state index contributed by atoms with van der Waals surface area (Å²) in [5, 5.41) is 2.51. The van der Waals surface area contributed by atoms with Crippen LogP contribution in [0.25, 0.3) is 0 Å². The molecule has 0 saturated heterocycles. The van der Waals surface area contributed by atoms with Gasteiger partial charge in [-0.3, -0.25) is 9.10 Å². The summed E-state index contributed by atoms with van der Waals surface area (Å²) in [6.07, 6.45) is -4.70. The van der Waals surface area contributed by atoms with Crippen molar-refractivity contribution in [1.82, 2.24) is 0 Å². The molecule has 0 fully saturated rings. The van der Waals surface area contributed by atoms with Gasteiger partial charge in [-0.2, -0.15) is 13.2 Å². The van der Waals surface area contributed by atoms with E-state index in [0.29, 0.717) is 27.5 Å². The number of nitrogens with one attached hydrogen (secondary N) is 1. The van der Waals surface area contributed by atoms with Crippen molar-refractivity contribution in [2.75, 3.05) is 29.0 Å². The number of carbonyl (C=O) groups is 1. The number of benzene rings is 3. The van der Waals surface area contributed by atoms with Gasteiger partial charge in [0.25, 0.3) is 10.0 Å². The summed E-state index contributed by atoms with van der Waals surface area (Å²) in [5.41, 5.74) is 5.05. The van der Waals surface area contributed by atoms with Gasteiger partial charge in [0.2, 0.25) is 5.91 Å². The zero-order valence-electron chi connectivity index (χ0n) is 17.3. The van der Waals surface area contributed by atoms with Gasteiger partial charge in [-0.05, 0) is 66.7 Å².